The molecule has 0 saturated heterocycles. The summed E-state index contributed by atoms with van der Waals surface area (Å²) in [5.74, 6) is -1.81. The highest BCUT2D eigenvalue weighted by Crippen LogP contribution is 2.22. The highest BCUT2D eigenvalue weighted by Gasteiger charge is 2.32. The minimum Gasteiger partial charge on any atom is -0.446 e. The molecule has 4 N–H and O–H groups in total. The lowest BCUT2D eigenvalue weighted by Crippen LogP contribution is -2.55. The fraction of sp³-hybridized carbons (Fsp3) is 0.367. The first-order valence-corrected chi connectivity index (χ1v) is 14.3. The van der Waals surface area contributed by atoms with Crippen LogP contribution in [0.4, 0.5) is 0 Å². The Morgan fingerprint density at radius 2 is 1.88 bits per heavy atom. The van der Waals surface area contributed by atoms with E-state index in [0.717, 1.165) is 5.56 Å². The third kappa shape index (κ3) is 7.05. The number of nitrogens with one attached hydrogen (secondary N) is 4. The van der Waals surface area contributed by atoms with Crippen molar-refractivity contribution in [2.75, 3.05) is 6.54 Å². The number of amides is 4. The van der Waals surface area contributed by atoms with Gasteiger partial charge in [-0.05, 0) is 42.9 Å². The van der Waals surface area contributed by atoms with Crippen molar-refractivity contribution in [2.24, 2.45) is 5.92 Å². The predicted octanol–water partition coefficient (Wildman–Crippen LogP) is 1.97. The summed E-state index contributed by atoms with van der Waals surface area (Å²) < 4.78 is 7.21. The summed E-state index contributed by atoms with van der Waals surface area (Å²) in [6, 6.07) is 10.0. The number of benzene rings is 1. The van der Waals surface area contributed by atoms with Gasteiger partial charge in [0.1, 0.15) is 30.7 Å². The van der Waals surface area contributed by atoms with Gasteiger partial charge < -0.3 is 25.7 Å². The van der Waals surface area contributed by atoms with Crippen LogP contribution >= 0.6 is 0 Å². The van der Waals surface area contributed by atoms with E-state index in [1.54, 1.807) is 22.7 Å². The molecular weight excluding hydrogens is 552 g/mol. The minimum atomic E-state index is -0.971. The smallest absolute Gasteiger partial charge is 0.273 e. The molecule has 2 bridgehead atoms. The Hall–Kier alpha value is -5.07. The highest BCUT2D eigenvalue weighted by atomic mass is 16.3. The Balaban J connectivity index is 1.44. The third-order valence-corrected chi connectivity index (χ3v) is 7.30. The summed E-state index contributed by atoms with van der Waals surface area (Å²) in [5.41, 5.74) is 1.57. The molecule has 4 aromatic rings. The van der Waals surface area contributed by atoms with Gasteiger partial charge in [-0.1, -0.05) is 44.2 Å². The molecular formula is C30H34N8O5. The van der Waals surface area contributed by atoms with Gasteiger partial charge >= 0.3 is 0 Å². The van der Waals surface area contributed by atoms with Gasteiger partial charge in [0.15, 0.2) is 11.3 Å². The van der Waals surface area contributed by atoms with E-state index in [0.29, 0.717) is 25.0 Å². The van der Waals surface area contributed by atoms with Crippen LogP contribution in [0.5, 0.6) is 0 Å². The minimum absolute atomic E-state index is 0.115. The van der Waals surface area contributed by atoms with Crippen LogP contribution in [-0.4, -0.2) is 61.8 Å². The number of fused-ring (bicyclic) bond motifs is 3. The second-order valence-corrected chi connectivity index (χ2v) is 10.8. The maximum absolute atomic E-state index is 13.8. The number of hydrogen-bond donors (Lipinski definition) is 4. The Bertz CT molecular complexity index is 1600. The zero-order valence-corrected chi connectivity index (χ0v) is 23.9. The molecule has 0 fully saturated rings. The maximum atomic E-state index is 13.8. The molecule has 0 spiro atoms. The number of hydrogen-bond acceptors (Lipinski definition) is 8. The average Bonchev–Trinajstić information content (AvgIpc) is 3.68. The molecule has 0 saturated carbocycles. The standard InChI is InChI=1S/C30H34N8O5/c1-18(2)24-30-35-23(16-43-30)27(40)31-13-7-6-12-21(33-26(39)20-11-8-14-38-17-32-37-25(20)38)28(41)34-22(29(42)36-24)15-19-9-4-3-5-10-19/h3-5,8-11,14,16-18,21-22,24H,6-7,12-13,15H2,1-2H3,(H,31,40)(H,33,39)(H,34,41)(H,36,42)/t21-,22-,24-/m0/s1. The van der Waals surface area contributed by atoms with Gasteiger partial charge in [0.2, 0.25) is 17.7 Å². The molecule has 13 heteroatoms. The maximum Gasteiger partial charge on any atom is 0.273 e. The number of pyridine rings is 1. The molecule has 43 heavy (non-hydrogen) atoms. The van der Waals surface area contributed by atoms with E-state index >= 15 is 0 Å². The average molecular weight is 587 g/mol. The summed E-state index contributed by atoms with van der Waals surface area (Å²) in [6.45, 7) is 4.11. The van der Waals surface area contributed by atoms with Gasteiger partial charge in [0.05, 0.1) is 5.56 Å². The van der Waals surface area contributed by atoms with Crippen LogP contribution in [0.25, 0.3) is 5.65 Å². The summed E-state index contributed by atoms with van der Waals surface area (Å²) >= 11 is 0. The number of carbonyl (C=O) groups excluding carboxylic acids is 4. The summed E-state index contributed by atoms with van der Waals surface area (Å²) in [6.07, 6.45) is 6.00. The molecule has 0 unspecified atom stereocenters. The lowest BCUT2D eigenvalue weighted by Gasteiger charge is -2.26. The van der Waals surface area contributed by atoms with E-state index in [1.807, 2.05) is 44.2 Å². The highest BCUT2D eigenvalue weighted by molar-refractivity contribution is 6.02. The molecule has 3 aromatic heterocycles. The van der Waals surface area contributed by atoms with Crippen LogP contribution in [0.2, 0.25) is 0 Å². The van der Waals surface area contributed by atoms with Crippen LogP contribution < -0.4 is 21.3 Å². The van der Waals surface area contributed by atoms with Crippen LogP contribution in [0.1, 0.15) is 71.5 Å². The summed E-state index contributed by atoms with van der Waals surface area (Å²) in [7, 11) is 0. The van der Waals surface area contributed by atoms with Crippen molar-refractivity contribution >= 4 is 29.3 Å². The molecule has 1 aliphatic rings. The van der Waals surface area contributed by atoms with Crippen molar-refractivity contribution in [1.82, 2.24) is 40.8 Å². The van der Waals surface area contributed by atoms with Crippen LogP contribution in [-0.2, 0) is 16.0 Å². The van der Waals surface area contributed by atoms with E-state index in [-0.39, 0.29) is 35.9 Å². The SMILES string of the molecule is CC(C)[C@@H]1NC(=O)[C@H](Cc2ccccc2)NC(=O)[C@@H](NC(=O)c2cccn3cnnc23)CCCCNC(=O)c2coc1n2. The Morgan fingerprint density at radius 3 is 2.67 bits per heavy atom. The molecule has 1 aliphatic heterocycles. The number of carbonyl (C=O) groups is 4. The largest absolute Gasteiger partial charge is 0.446 e. The van der Waals surface area contributed by atoms with Crippen LogP contribution in [0.15, 0.2) is 65.7 Å². The molecule has 4 amide bonds. The normalized spacial score (nSPS) is 20.3. The number of aromatic nitrogens is 4. The van der Waals surface area contributed by atoms with Crippen molar-refractivity contribution in [1.29, 1.82) is 0 Å². The second-order valence-electron chi connectivity index (χ2n) is 10.8. The molecule has 13 nitrogen and oxygen atoms in total. The van der Waals surface area contributed by atoms with Crippen molar-refractivity contribution in [3.63, 3.8) is 0 Å². The Morgan fingerprint density at radius 1 is 1.07 bits per heavy atom. The summed E-state index contributed by atoms with van der Waals surface area (Å²) in [4.78, 5) is 57.9. The zero-order chi connectivity index (χ0) is 30.3. The van der Waals surface area contributed by atoms with E-state index in [1.165, 1.54) is 12.6 Å². The van der Waals surface area contributed by atoms with Crippen LogP contribution in [0, 0.1) is 5.92 Å². The second kappa shape index (κ2) is 13.3. The van der Waals surface area contributed by atoms with Crippen molar-refractivity contribution in [3.05, 3.63) is 84.0 Å². The van der Waals surface area contributed by atoms with Gasteiger partial charge in [-0.2, -0.15) is 0 Å². The molecule has 1 aromatic carbocycles. The van der Waals surface area contributed by atoms with Crippen LogP contribution in [0.3, 0.4) is 0 Å². The van der Waals surface area contributed by atoms with E-state index in [9.17, 15) is 19.2 Å². The van der Waals surface area contributed by atoms with E-state index < -0.39 is 41.8 Å². The van der Waals surface area contributed by atoms with E-state index in [2.05, 4.69) is 36.4 Å². The third-order valence-electron chi connectivity index (χ3n) is 7.30. The quantitative estimate of drug-likeness (QED) is 0.275. The van der Waals surface area contributed by atoms with Gasteiger partial charge in [0.25, 0.3) is 11.8 Å². The molecule has 5 rings (SSSR count). The van der Waals surface area contributed by atoms with E-state index in [4.69, 9.17) is 4.42 Å². The number of nitrogens with zero attached hydrogens (tertiary/aromatic N) is 4. The van der Waals surface area contributed by atoms with Gasteiger partial charge in [-0.15, -0.1) is 10.2 Å². The summed E-state index contributed by atoms with van der Waals surface area (Å²) in [5, 5.41) is 19.3. The van der Waals surface area contributed by atoms with Crippen molar-refractivity contribution < 1.29 is 23.6 Å². The zero-order valence-electron chi connectivity index (χ0n) is 23.9. The molecule has 0 aliphatic carbocycles. The topological polar surface area (TPSA) is 173 Å². The first-order valence-electron chi connectivity index (χ1n) is 14.3. The van der Waals surface area contributed by atoms with Gasteiger partial charge in [-0.25, -0.2) is 4.98 Å². The Labute approximate surface area is 247 Å². The monoisotopic (exact) mass is 586 g/mol. The first kappa shape index (κ1) is 29.4. The lowest BCUT2D eigenvalue weighted by atomic mass is 10.0. The Kier molecular flexibility index (Phi) is 9.08. The fourth-order valence-corrected chi connectivity index (χ4v) is 4.93. The van der Waals surface area contributed by atoms with Gasteiger partial charge in [-0.3, -0.25) is 23.6 Å². The van der Waals surface area contributed by atoms with Gasteiger partial charge in [0, 0.05) is 19.2 Å². The molecule has 224 valence electrons. The molecule has 3 atom stereocenters. The number of oxazole rings is 1. The molecule has 0 radical (unpaired) electrons. The van der Waals surface area contributed by atoms with Crippen molar-refractivity contribution in [2.45, 2.75) is 57.7 Å². The fourth-order valence-electron chi connectivity index (χ4n) is 4.93. The predicted molar refractivity (Wildman–Crippen MR) is 155 cm³/mol. The lowest BCUT2D eigenvalue weighted by molar-refractivity contribution is -0.130. The molecule has 4 heterocycles. The van der Waals surface area contributed by atoms with Crippen molar-refractivity contribution in [3.8, 4) is 0 Å². The first-order chi connectivity index (χ1) is 20.8. The number of rotatable bonds is 5.